The van der Waals surface area contributed by atoms with E-state index in [1.54, 1.807) is 23.2 Å². The Balaban J connectivity index is 1.89. The second-order valence-electron chi connectivity index (χ2n) is 7.25. The van der Waals surface area contributed by atoms with E-state index in [1.807, 2.05) is 0 Å². The van der Waals surface area contributed by atoms with Gasteiger partial charge in [-0.25, -0.2) is 9.97 Å². The zero-order valence-corrected chi connectivity index (χ0v) is 15.8. The number of aliphatic hydroxyl groups is 1. The van der Waals surface area contributed by atoms with Gasteiger partial charge in [0.25, 0.3) is 0 Å². The SMILES string of the molecule is C=P(C)(C)CC(C)[C@H]1O[C@@H](n2cnc3c(N)ccnc32)[C@H](Cl)[C@@H]1O. The molecule has 1 aliphatic heterocycles. The second-order valence-corrected chi connectivity index (χ2v) is 12.0. The largest absolute Gasteiger partial charge is 0.397 e. The third-order valence-electron chi connectivity index (χ3n) is 4.34. The number of nitrogens with two attached hydrogens (primary N) is 1. The number of rotatable bonds is 4. The molecule has 0 aromatic carbocycles. The quantitative estimate of drug-likeness (QED) is 0.636. The fourth-order valence-electron chi connectivity index (χ4n) is 3.38. The average Bonchev–Trinajstić information content (AvgIpc) is 3.01. The number of anilines is 1. The van der Waals surface area contributed by atoms with Gasteiger partial charge >= 0.3 is 0 Å². The van der Waals surface area contributed by atoms with Crippen LogP contribution in [0.3, 0.4) is 0 Å². The van der Waals surface area contributed by atoms with Gasteiger partial charge in [0, 0.05) is 6.20 Å². The molecule has 0 aliphatic carbocycles. The van der Waals surface area contributed by atoms with Gasteiger partial charge in [0.1, 0.15) is 17.0 Å². The molecule has 1 aliphatic rings. The lowest BCUT2D eigenvalue weighted by atomic mass is 10.0. The van der Waals surface area contributed by atoms with Crippen LogP contribution in [0.25, 0.3) is 11.2 Å². The number of aromatic nitrogens is 3. The Bertz CT molecular complexity index is 789. The molecule has 8 heteroatoms. The molecule has 0 spiro atoms. The highest BCUT2D eigenvalue weighted by Crippen LogP contribution is 2.43. The molecule has 0 radical (unpaired) electrons. The van der Waals surface area contributed by atoms with Gasteiger partial charge in [0.2, 0.25) is 0 Å². The molecule has 0 saturated carbocycles. The Kier molecular flexibility index (Phi) is 4.69. The molecule has 2 aromatic heterocycles. The summed E-state index contributed by atoms with van der Waals surface area (Å²) >= 11 is 6.48. The lowest BCUT2D eigenvalue weighted by Crippen LogP contribution is -2.33. The normalized spacial score (nSPS) is 29.2. The molecule has 1 unspecified atom stereocenters. The number of nitrogen functional groups attached to an aromatic ring is 1. The standard InChI is InChI=1S/C16H24ClN4O2P/c1-9(7-24(2,3)4)14-13(22)11(17)16(23-14)21-8-20-12-10(18)5-6-19-15(12)21/h5-6,8-9,11,13-14,16,22H,2,7H2,1,3-4H3,(H2,18,19)/t9?,11-,13+,14-,16-/m1/s1. The fraction of sp³-hybridized carbons (Fsp3) is 0.562. The lowest BCUT2D eigenvalue weighted by Gasteiger charge is -2.26. The molecule has 3 N–H and O–H groups in total. The number of aliphatic hydroxyl groups excluding tert-OH is 1. The number of nitrogens with zero attached hydrogens (tertiary/aromatic N) is 3. The van der Waals surface area contributed by atoms with Crippen LogP contribution in [0.15, 0.2) is 18.6 Å². The predicted molar refractivity (Wildman–Crippen MR) is 101 cm³/mol. The topological polar surface area (TPSA) is 86.2 Å². The third kappa shape index (κ3) is 3.21. The first-order valence-electron chi connectivity index (χ1n) is 7.91. The monoisotopic (exact) mass is 370 g/mol. The molecule has 5 atom stereocenters. The average molecular weight is 371 g/mol. The Hall–Kier alpha value is -1.07. The Morgan fingerprint density at radius 3 is 2.88 bits per heavy atom. The van der Waals surface area contributed by atoms with Gasteiger partial charge in [-0.3, -0.25) is 4.57 Å². The van der Waals surface area contributed by atoms with Crippen molar-refractivity contribution in [1.82, 2.24) is 14.5 Å². The Labute approximate surface area is 147 Å². The van der Waals surface area contributed by atoms with Crippen molar-refractivity contribution >= 4 is 41.6 Å². The van der Waals surface area contributed by atoms with Crippen LogP contribution in [0.4, 0.5) is 5.69 Å². The molecule has 0 bridgehead atoms. The van der Waals surface area contributed by atoms with Gasteiger partial charge in [-0.2, -0.15) is 0 Å². The van der Waals surface area contributed by atoms with Crippen molar-refractivity contribution in [2.75, 3.05) is 25.2 Å². The Morgan fingerprint density at radius 1 is 1.50 bits per heavy atom. The van der Waals surface area contributed by atoms with Crippen molar-refractivity contribution in [2.24, 2.45) is 5.92 Å². The maximum atomic E-state index is 10.6. The molecular formula is C16H24ClN4O2P. The van der Waals surface area contributed by atoms with Crippen molar-refractivity contribution in [3.05, 3.63) is 18.6 Å². The summed E-state index contributed by atoms with van der Waals surface area (Å²) in [5.74, 6) is 0.167. The van der Waals surface area contributed by atoms with E-state index in [1.165, 1.54) is 0 Å². The van der Waals surface area contributed by atoms with Gasteiger partial charge in [-0.15, -0.1) is 24.8 Å². The van der Waals surface area contributed by atoms with Crippen LogP contribution in [0, 0.1) is 5.92 Å². The van der Waals surface area contributed by atoms with Crippen LogP contribution in [0.5, 0.6) is 0 Å². The summed E-state index contributed by atoms with van der Waals surface area (Å²) in [7, 11) is 0. The molecule has 3 heterocycles. The van der Waals surface area contributed by atoms with E-state index in [4.69, 9.17) is 22.1 Å². The minimum Gasteiger partial charge on any atom is -0.397 e. The van der Waals surface area contributed by atoms with E-state index in [9.17, 15) is 5.11 Å². The summed E-state index contributed by atoms with van der Waals surface area (Å²) in [4.78, 5) is 8.63. The molecule has 24 heavy (non-hydrogen) atoms. The number of halogens is 1. The molecule has 1 saturated heterocycles. The van der Waals surface area contributed by atoms with Crippen LogP contribution in [-0.4, -0.2) is 63.0 Å². The first-order valence-corrected chi connectivity index (χ1v) is 11.4. The Morgan fingerprint density at radius 2 is 2.21 bits per heavy atom. The lowest BCUT2D eigenvalue weighted by molar-refractivity contribution is -0.0392. The summed E-state index contributed by atoms with van der Waals surface area (Å²) in [6, 6.07) is 1.70. The number of pyridine rings is 1. The molecule has 132 valence electrons. The summed E-state index contributed by atoms with van der Waals surface area (Å²) in [6.45, 7) is 5.20. The minimum atomic E-state index is -1.23. The highest BCUT2D eigenvalue weighted by atomic mass is 35.5. The van der Waals surface area contributed by atoms with Gasteiger partial charge in [-0.05, 0) is 31.5 Å². The fourth-order valence-corrected chi connectivity index (χ4v) is 5.47. The van der Waals surface area contributed by atoms with Crippen molar-refractivity contribution in [1.29, 1.82) is 0 Å². The molecule has 2 aromatic rings. The number of hydrogen-bond donors (Lipinski definition) is 2. The minimum absolute atomic E-state index is 0.167. The summed E-state index contributed by atoms with van der Waals surface area (Å²) < 4.78 is 7.89. The first kappa shape index (κ1) is 17.7. The van der Waals surface area contributed by atoms with E-state index >= 15 is 0 Å². The van der Waals surface area contributed by atoms with E-state index < -0.39 is 24.6 Å². The van der Waals surface area contributed by atoms with Gasteiger partial charge in [0.05, 0.1) is 18.1 Å². The van der Waals surface area contributed by atoms with Crippen LogP contribution in [0.1, 0.15) is 13.2 Å². The van der Waals surface area contributed by atoms with E-state index in [0.29, 0.717) is 16.9 Å². The van der Waals surface area contributed by atoms with Crippen molar-refractivity contribution in [2.45, 2.75) is 30.7 Å². The van der Waals surface area contributed by atoms with Crippen molar-refractivity contribution in [3.63, 3.8) is 0 Å². The zero-order valence-electron chi connectivity index (χ0n) is 14.1. The molecule has 3 rings (SSSR count). The number of fused-ring (bicyclic) bond motifs is 1. The number of imidazole rings is 1. The third-order valence-corrected chi connectivity index (χ3v) is 6.38. The maximum Gasteiger partial charge on any atom is 0.164 e. The van der Waals surface area contributed by atoms with Crippen LogP contribution >= 0.6 is 18.5 Å². The van der Waals surface area contributed by atoms with E-state index in [0.717, 1.165) is 6.16 Å². The molecule has 6 nitrogen and oxygen atoms in total. The van der Waals surface area contributed by atoms with Crippen molar-refractivity contribution in [3.8, 4) is 0 Å². The maximum absolute atomic E-state index is 10.6. The molecule has 1 fully saturated rings. The van der Waals surface area contributed by atoms with Crippen LogP contribution in [0.2, 0.25) is 0 Å². The number of alkyl halides is 1. The summed E-state index contributed by atoms with van der Waals surface area (Å²) in [6.07, 6.45) is 6.80. The van der Waals surface area contributed by atoms with Gasteiger partial charge in [-0.1, -0.05) is 6.92 Å². The zero-order chi connectivity index (χ0) is 17.6. The molecule has 0 amide bonds. The van der Waals surface area contributed by atoms with E-state index in [-0.39, 0.29) is 12.0 Å². The first-order chi connectivity index (χ1) is 11.2. The highest BCUT2D eigenvalue weighted by Gasteiger charge is 2.46. The van der Waals surface area contributed by atoms with Gasteiger partial charge < -0.3 is 15.6 Å². The van der Waals surface area contributed by atoms with Crippen LogP contribution < -0.4 is 5.73 Å². The number of hydrogen-bond acceptors (Lipinski definition) is 5. The predicted octanol–water partition coefficient (Wildman–Crippen LogP) is 2.22. The smallest absolute Gasteiger partial charge is 0.164 e. The van der Waals surface area contributed by atoms with Gasteiger partial charge in [0.15, 0.2) is 11.9 Å². The van der Waals surface area contributed by atoms with Crippen molar-refractivity contribution < 1.29 is 9.84 Å². The summed E-state index contributed by atoms with van der Waals surface area (Å²) in [5, 5.41) is 10.00. The molecular weight excluding hydrogens is 347 g/mol. The second kappa shape index (κ2) is 6.34. The number of ether oxygens (including phenoxy) is 1. The summed E-state index contributed by atoms with van der Waals surface area (Å²) in [5.41, 5.74) is 7.70. The highest BCUT2D eigenvalue weighted by molar-refractivity contribution is 7.72. The van der Waals surface area contributed by atoms with Crippen LogP contribution in [-0.2, 0) is 4.74 Å². The van der Waals surface area contributed by atoms with E-state index in [2.05, 4.69) is 36.5 Å².